The van der Waals surface area contributed by atoms with E-state index in [-0.39, 0.29) is 11.9 Å². The number of rotatable bonds is 16. The lowest BCUT2D eigenvalue weighted by Gasteiger charge is -2.14. The van der Waals surface area contributed by atoms with E-state index < -0.39 is 12.1 Å². The molecule has 0 heterocycles. The smallest absolute Gasteiger partial charge is 0.322 e. The lowest BCUT2D eigenvalue weighted by molar-refractivity contribution is -0.145. The fourth-order valence-electron chi connectivity index (χ4n) is 2.41. The maximum absolute atomic E-state index is 11.7. The number of nitrogens with two attached hydrogens (primary N) is 2. The third-order valence-electron chi connectivity index (χ3n) is 4.12. The molecule has 4 N–H and O–H groups in total. The average molecular weight is 359 g/mol. The fraction of sp³-hybridized carbons (Fsp3) is 0.895. The highest BCUT2D eigenvalue weighted by Gasteiger charge is 2.18. The van der Waals surface area contributed by atoms with Gasteiger partial charge in [-0.2, -0.15) is 0 Å². The first-order valence-electron chi connectivity index (χ1n) is 9.87. The Bertz CT molecular complexity index is 318. The Balaban J connectivity index is 3.71. The van der Waals surface area contributed by atoms with Gasteiger partial charge in [0.05, 0.1) is 13.2 Å². The van der Waals surface area contributed by atoms with Gasteiger partial charge in [-0.25, -0.2) is 0 Å². The first kappa shape index (κ1) is 23.9. The first-order chi connectivity index (χ1) is 12.0. The van der Waals surface area contributed by atoms with Crippen molar-refractivity contribution >= 4 is 11.9 Å². The number of esters is 2. The van der Waals surface area contributed by atoms with Crippen molar-refractivity contribution in [2.45, 2.75) is 96.6 Å². The van der Waals surface area contributed by atoms with Gasteiger partial charge in [0, 0.05) is 0 Å². The quantitative estimate of drug-likeness (QED) is 0.324. The van der Waals surface area contributed by atoms with Crippen LogP contribution >= 0.6 is 0 Å². The second-order valence-corrected chi connectivity index (χ2v) is 6.60. The van der Waals surface area contributed by atoms with Crippen molar-refractivity contribution in [1.29, 1.82) is 0 Å². The maximum Gasteiger partial charge on any atom is 0.322 e. The molecule has 0 aliphatic rings. The Morgan fingerprint density at radius 1 is 0.680 bits per heavy atom. The molecule has 0 saturated carbocycles. The van der Waals surface area contributed by atoms with Gasteiger partial charge in [0.15, 0.2) is 0 Å². The van der Waals surface area contributed by atoms with E-state index in [0.717, 1.165) is 51.4 Å². The summed E-state index contributed by atoms with van der Waals surface area (Å²) >= 11 is 0. The Morgan fingerprint density at radius 3 is 1.44 bits per heavy atom. The summed E-state index contributed by atoms with van der Waals surface area (Å²) in [5, 5.41) is 0. The van der Waals surface area contributed by atoms with Crippen LogP contribution in [0.5, 0.6) is 0 Å². The highest BCUT2D eigenvalue weighted by molar-refractivity contribution is 5.76. The van der Waals surface area contributed by atoms with Gasteiger partial charge in [-0.3, -0.25) is 9.59 Å². The molecule has 2 atom stereocenters. The predicted octanol–water partition coefficient (Wildman–Crippen LogP) is 3.06. The zero-order valence-corrected chi connectivity index (χ0v) is 16.1. The Morgan fingerprint density at radius 2 is 1.08 bits per heavy atom. The van der Waals surface area contributed by atoms with E-state index in [9.17, 15) is 9.59 Å². The molecule has 0 rings (SSSR count). The van der Waals surface area contributed by atoms with Crippen LogP contribution in [0.1, 0.15) is 84.5 Å². The summed E-state index contributed by atoms with van der Waals surface area (Å²) in [5.41, 5.74) is 11.6. The second kappa shape index (κ2) is 16.3. The van der Waals surface area contributed by atoms with Crippen LogP contribution in [0.2, 0.25) is 0 Å². The standard InChI is InChI=1S/C19H38N2O4/c1-3-5-7-9-14-24-18(22)16(20)12-11-13-17(21)19(23)25-15-10-8-6-4-2/h16-17H,3-15,20-21H2,1-2H3. The Labute approximate surface area is 153 Å². The van der Waals surface area contributed by atoms with Crippen LogP contribution in [0.4, 0.5) is 0 Å². The van der Waals surface area contributed by atoms with Gasteiger partial charge in [-0.1, -0.05) is 52.4 Å². The number of hydrogen-bond acceptors (Lipinski definition) is 6. The molecule has 0 amide bonds. The maximum atomic E-state index is 11.7. The Hall–Kier alpha value is -1.14. The van der Waals surface area contributed by atoms with Crippen molar-refractivity contribution in [1.82, 2.24) is 0 Å². The fourth-order valence-corrected chi connectivity index (χ4v) is 2.41. The van der Waals surface area contributed by atoms with Crippen molar-refractivity contribution in [2.75, 3.05) is 13.2 Å². The molecule has 25 heavy (non-hydrogen) atoms. The van der Waals surface area contributed by atoms with E-state index in [2.05, 4.69) is 13.8 Å². The number of ether oxygens (including phenoxy) is 2. The van der Waals surface area contributed by atoms with Crippen LogP contribution in [-0.4, -0.2) is 37.2 Å². The van der Waals surface area contributed by atoms with Crippen molar-refractivity contribution in [2.24, 2.45) is 11.5 Å². The van der Waals surface area contributed by atoms with Crippen LogP contribution in [0.3, 0.4) is 0 Å². The van der Waals surface area contributed by atoms with Crippen molar-refractivity contribution in [3.8, 4) is 0 Å². The number of hydrogen-bond donors (Lipinski definition) is 2. The topological polar surface area (TPSA) is 105 Å². The highest BCUT2D eigenvalue weighted by Crippen LogP contribution is 2.06. The van der Waals surface area contributed by atoms with Gasteiger partial charge >= 0.3 is 11.9 Å². The second-order valence-electron chi connectivity index (χ2n) is 6.60. The van der Waals surface area contributed by atoms with E-state index in [1.807, 2.05) is 0 Å². The molecule has 0 fully saturated rings. The van der Waals surface area contributed by atoms with Crippen molar-refractivity contribution < 1.29 is 19.1 Å². The van der Waals surface area contributed by atoms with E-state index in [0.29, 0.717) is 32.5 Å². The predicted molar refractivity (Wildman–Crippen MR) is 100 cm³/mol. The highest BCUT2D eigenvalue weighted by atomic mass is 16.5. The van der Waals surface area contributed by atoms with E-state index >= 15 is 0 Å². The van der Waals surface area contributed by atoms with Gasteiger partial charge in [0.1, 0.15) is 12.1 Å². The molecular weight excluding hydrogens is 320 g/mol. The molecule has 0 aromatic carbocycles. The zero-order valence-electron chi connectivity index (χ0n) is 16.1. The minimum Gasteiger partial charge on any atom is -0.465 e. The largest absolute Gasteiger partial charge is 0.465 e. The van der Waals surface area contributed by atoms with E-state index in [4.69, 9.17) is 20.9 Å². The van der Waals surface area contributed by atoms with Crippen LogP contribution in [-0.2, 0) is 19.1 Å². The van der Waals surface area contributed by atoms with Gasteiger partial charge in [0.2, 0.25) is 0 Å². The summed E-state index contributed by atoms with van der Waals surface area (Å²) in [6, 6.07) is -1.30. The van der Waals surface area contributed by atoms with Gasteiger partial charge < -0.3 is 20.9 Å². The molecule has 6 nitrogen and oxygen atoms in total. The SMILES string of the molecule is CCCCCCOC(=O)C(N)CCCC(N)C(=O)OCCCCCC. The lowest BCUT2D eigenvalue weighted by atomic mass is 10.1. The number of unbranched alkanes of at least 4 members (excludes halogenated alkanes) is 6. The molecule has 0 aromatic heterocycles. The normalized spacial score (nSPS) is 13.3. The summed E-state index contributed by atoms with van der Waals surface area (Å²) in [5.74, 6) is -0.743. The first-order valence-corrected chi connectivity index (χ1v) is 9.87. The van der Waals surface area contributed by atoms with Crippen molar-refractivity contribution in [3.05, 3.63) is 0 Å². The number of carbonyl (C=O) groups is 2. The summed E-state index contributed by atoms with van der Waals surface area (Å²) < 4.78 is 10.3. The lowest BCUT2D eigenvalue weighted by Crippen LogP contribution is -2.35. The minimum atomic E-state index is -0.650. The summed E-state index contributed by atoms with van der Waals surface area (Å²) in [4.78, 5) is 23.5. The van der Waals surface area contributed by atoms with Crippen LogP contribution < -0.4 is 11.5 Å². The minimum absolute atomic E-state index is 0.372. The number of carbonyl (C=O) groups excluding carboxylic acids is 2. The van der Waals surface area contributed by atoms with Gasteiger partial charge in [-0.15, -0.1) is 0 Å². The third-order valence-corrected chi connectivity index (χ3v) is 4.12. The molecule has 0 spiro atoms. The van der Waals surface area contributed by atoms with Crippen LogP contribution in [0.15, 0.2) is 0 Å². The summed E-state index contributed by atoms with van der Waals surface area (Å²) in [7, 11) is 0. The molecule has 0 aliphatic carbocycles. The van der Waals surface area contributed by atoms with Crippen LogP contribution in [0, 0.1) is 0 Å². The molecular formula is C19H38N2O4. The van der Waals surface area contributed by atoms with E-state index in [1.54, 1.807) is 0 Å². The van der Waals surface area contributed by atoms with E-state index in [1.165, 1.54) is 0 Å². The molecule has 0 saturated heterocycles. The monoisotopic (exact) mass is 358 g/mol. The third kappa shape index (κ3) is 13.8. The molecule has 0 aliphatic heterocycles. The zero-order chi connectivity index (χ0) is 18.9. The molecule has 0 radical (unpaired) electrons. The van der Waals surface area contributed by atoms with Crippen LogP contribution in [0.25, 0.3) is 0 Å². The van der Waals surface area contributed by atoms with Gasteiger partial charge in [-0.05, 0) is 32.1 Å². The summed E-state index contributed by atoms with van der Waals surface area (Å²) in [6.45, 7) is 5.12. The molecule has 148 valence electrons. The van der Waals surface area contributed by atoms with Crippen molar-refractivity contribution in [3.63, 3.8) is 0 Å². The molecule has 6 heteroatoms. The molecule has 0 aromatic rings. The molecule has 0 bridgehead atoms. The molecule has 2 unspecified atom stereocenters. The van der Waals surface area contributed by atoms with Gasteiger partial charge in [0.25, 0.3) is 0 Å². The summed E-state index contributed by atoms with van der Waals surface area (Å²) in [6.07, 6.45) is 10.00. The Kier molecular flexibility index (Phi) is 15.6. The average Bonchev–Trinajstić information content (AvgIpc) is 2.60.